The van der Waals surface area contributed by atoms with Crippen molar-refractivity contribution in [2.24, 2.45) is 4.36 Å². The molecule has 0 saturated carbocycles. The van der Waals surface area contributed by atoms with Crippen molar-refractivity contribution in [1.29, 1.82) is 0 Å². The normalized spacial score (nSPS) is 26.2. The molecule has 0 radical (unpaired) electrons. The van der Waals surface area contributed by atoms with Crippen molar-refractivity contribution in [2.75, 3.05) is 26.4 Å². The van der Waals surface area contributed by atoms with Crippen LogP contribution in [-0.4, -0.2) is 34.9 Å². The molecule has 1 fully saturated rings. The fourth-order valence-electron chi connectivity index (χ4n) is 1.14. The number of hydrogen-bond donors (Lipinski definition) is 0. The lowest BCUT2D eigenvalue weighted by Gasteiger charge is -2.15. The van der Waals surface area contributed by atoms with E-state index in [0.717, 1.165) is 13.1 Å². The molecule has 1 heterocycles. The van der Waals surface area contributed by atoms with Gasteiger partial charge in [-0.05, 0) is 12.8 Å². The Morgan fingerprint density at radius 1 is 1.40 bits per heavy atom. The molecule has 10 heavy (non-hydrogen) atoms. The molecule has 4 heteroatoms. The van der Waals surface area contributed by atoms with Gasteiger partial charge in [0.2, 0.25) is 0 Å². The highest BCUT2D eigenvalue weighted by atomic mass is 32.2. The van der Waals surface area contributed by atoms with E-state index >= 15 is 0 Å². The Morgan fingerprint density at radius 3 is 2.30 bits per heavy atom. The van der Waals surface area contributed by atoms with Gasteiger partial charge in [0.05, 0.1) is 0 Å². The predicted molar refractivity (Wildman–Crippen MR) is 43.2 cm³/mol. The van der Waals surface area contributed by atoms with Crippen LogP contribution in [0, 0.1) is 0 Å². The summed E-state index contributed by atoms with van der Waals surface area (Å²) in [5, 5.41) is 0. The Labute approximate surface area is 62.7 Å². The van der Waals surface area contributed by atoms with Gasteiger partial charge in [0.1, 0.15) is 9.92 Å². The van der Waals surface area contributed by atoms with Crippen LogP contribution in [0.25, 0.3) is 0 Å². The summed E-state index contributed by atoms with van der Waals surface area (Å²) in [5.74, 6) is 0. The quantitative estimate of drug-likeness (QED) is 0.559. The predicted octanol–water partition coefficient (Wildman–Crippen LogP) is 0.725. The molecule has 1 aliphatic rings. The second-order valence-corrected chi connectivity index (χ2v) is 4.99. The molecule has 0 amide bonds. The summed E-state index contributed by atoms with van der Waals surface area (Å²) in [6.45, 7) is 1.90. The first-order chi connectivity index (χ1) is 4.67. The van der Waals surface area contributed by atoms with Crippen LogP contribution in [0.1, 0.15) is 12.8 Å². The lowest BCUT2D eigenvalue weighted by Crippen LogP contribution is -2.25. The van der Waals surface area contributed by atoms with Gasteiger partial charge >= 0.3 is 0 Å². The molecule has 0 aromatic carbocycles. The monoisotopic (exact) mass is 162 g/mol. The maximum atomic E-state index is 11.5. The van der Waals surface area contributed by atoms with E-state index in [-0.39, 0.29) is 0 Å². The lowest BCUT2D eigenvalue weighted by molar-refractivity contribution is 0.531. The standard InChI is InChI=1S/C6H14N2OS/c1-7-10(2,9)8-5-3-4-6-8/h3-6H2,1-2H3. The summed E-state index contributed by atoms with van der Waals surface area (Å²) >= 11 is 0. The second-order valence-electron chi connectivity index (χ2n) is 2.58. The number of hydrogen-bond acceptors (Lipinski definition) is 2. The molecule has 0 N–H and O–H groups in total. The molecular formula is C6H14N2OS. The van der Waals surface area contributed by atoms with Crippen molar-refractivity contribution in [2.45, 2.75) is 12.8 Å². The molecule has 1 atom stereocenters. The Hall–Kier alpha value is -0.0900. The van der Waals surface area contributed by atoms with E-state index in [4.69, 9.17) is 0 Å². The van der Waals surface area contributed by atoms with Crippen LogP contribution in [-0.2, 0) is 9.92 Å². The minimum Gasteiger partial charge on any atom is -0.234 e. The average molecular weight is 162 g/mol. The smallest absolute Gasteiger partial charge is 0.107 e. The minimum absolute atomic E-state index is 0.951. The zero-order valence-electron chi connectivity index (χ0n) is 6.54. The third-order valence-electron chi connectivity index (χ3n) is 1.88. The maximum absolute atomic E-state index is 11.5. The minimum atomic E-state index is -1.99. The fraction of sp³-hybridized carbons (Fsp3) is 1.00. The van der Waals surface area contributed by atoms with Gasteiger partial charge in [-0.2, -0.15) is 0 Å². The number of nitrogens with zero attached hydrogens (tertiary/aromatic N) is 2. The molecule has 1 aliphatic heterocycles. The first kappa shape index (κ1) is 8.01. The molecule has 0 aliphatic carbocycles. The van der Waals surface area contributed by atoms with Gasteiger partial charge in [0, 0.05) is 26.4 Å². The van der Waals surface area contributed by atoms with Crippen LogP contribution < -0.4 is 0 Å². The Morgan fingerprint density at radius 2 is 1.90 bits per heavy atom. The summed E-state index contributed by atoms with van der Waals surface area (Å²) in [6, 6.07) is 0. The third-order valence-corrected chi connectivity index (χ3v) is 3.88. The zero-order valence-corrected chi connectivity index (χ0v) is 7.36. The van der Waals surface area contributed by atoms with Crippen LogP contribution in [0.2, 0.25) is 0 Å². The second kappa shape index (κ2) is 2.88. The first-order valence-corrected chi connectivity index (χ1v) is 5.40. The molecular weight excluding hydrogens is 148 g/mol. The van der Waals surface area contributed by atoms with E-state index in [1.807, 2.05) is 4.31 Å². The Kier molecular flexibility index (Phi) is 2.31. The van der Waals surface area contributed by atoms with Crippen molar-refractivity contribution in [3.05, 3.63) is 0 Å². The summed E-state index contributed by atoms with van der Waals surface area (Å²) in [6.07, 6.45) is 4.04. The zero-order chi connectivity index (χ0) is 7.61. The molecule has 0 aromatic heterocycles. The van der Waals surface area contributed by atoms with Crippen molar-refractivity contribution in [3.8, 4) is 0 Å². The van der Waals surface area contributed by atoms with Gasteiger partial charge < -0.3 is 0 Å². The Bertz CT molecular complexity index is 212. The van der Waals surface area contributed by atoms with E-state index in [1.165, 1.54) is 12.8 Å². The highest BCUT2D eigenvalue weighted by Gasteiger charge is 2.18. The largest absolute Gasteiger partial charge is 0.234 e. The molecule has 3 nitrogen and oxygen atoms in total. The van der Waals surface area contributed by atoms with E-state index < -0.39 is 9.92 Å². The summed E-state index contributed by atoms with van der Waals surface area (Å²) in [4.78, 5) is 0. The van der Waals surface area contributed by atoms with E-state index in [0.29, 0.717) is 0 Å². The first-order valence-electron chi connectivity index (χ1n) is 3.52. The summed E-state index contributed by atoms with van der Waals surface area (Å²) in [5.41, 5.74) is 0. The maximum Gasteiger partial charge on any atom is 0.107 e. The van der Waals surface area contributed by atoms with Crippen LogP contribution in [0.15, 0.2) is 4.36 Å². The van der Waals surface area contributed by atoms with Crippen molar-refractivity contribution >= 4 is 9.92 Å². The van der Waals surface area contributed by atoms with Gasteiger partial charge in [0.15, 0.2) is 0 Å². The third kappa shape index (κ3) is 1.49. The number of rotatable bonds is 1. The van der Waals surface area contributed by atoms with Gasteiger partial charge in [-0.1, -0.05) is 0 Å². The van der Waals surface area contributed by atoms with Crippen LogP contribution in [0.4, 0.5) is 0 Å². The molecule has 60 valence electrons. The highest BCUT2D eigenvalue weighted by molar-refractivity contribution is 7.90. The fourth-order valence-corrected chi connectivity index (χ4v) is 2.31. The van der Waals surface area contributed by atoms with Crippen LogP contribution in [0.3, 0.4) is 0 Å². The van der Waals surface area contributed by atoms with Gasteiger partial charge in [0.25, 0.3) is 0 Å². The Balaban J connectivity index is 2.73. The summed E-state index contributed by atoms with van der Waals surface area (Å²) < 4.78 is 17.3. The lowest BCUT2D eigenvalue weighted by atomic mass is 10.4. The van der Waals surface area contributed by atoms with Gasteiger partial charge in [-0.3, -0.25) is 0 Å². The van der Waals surface area contributed by atoms with E-state index in [2.05, 4.69) is 4.36 Å². The van der Waals surface area contributed by atoms with Crippen LogP contribution in [0.5, 0.6) is 0 Å². The molecule has 1 rings (SSSR count). The molecule has 0 aromatic rings. The van der Waals surface area contributed by atoms with Gasteiger partial charge in [-0.25, -0.2) is 12.9 Å². The highest BCUT2D eigenvalue weighted by Crippen LogP contribution is 2.12. The average Bonchev–Trinajstić information content (AvgIpc) is 2.38. The van der Waals surface area contributed by atoms with E-state index in [9.17, 15) is 4.21 Å². The van der Waals surface area contributed by atoms with Crippen molar-refractivity contribution in [1.82, 2.24) is 4.31 Å². The summed E-state index contributed by atoms with van der Waals surface area (Å²) in [7, 11) is -0.364. The topological polar surface area (TPSA) is 32.7 Å². The van der Waals surface area contributed by atoms with E-state index in [1.54, 1.807) is 13.3 Å². The molecule has 0 spiro atoms. The molecule has 0 bridgehead atoms. The van der Waals surface area contributed by atoms with Crippen molar-refractivity contribution in [3.63, 3.8) is 0 Å². The molecule has 1 saturated heterocycles. The SMILES string of the molecule is CN=S(C)(=O)N1CCCC1. The molecule has 1 unspecified atom stereocenters. The van der Waals surface area contributed by atoms with Crippen molar-refractivity contribution < 1.29 is 4.21 Å². The van der Waals surface area contributed by atoms with Crippen LogP contribution >= 0.6 is 0 Å². The van der Waals surface area contributed by atoms with Gasteiger partial charge in [-0.15, -0.1) is 0 Å².